The van der Waals surface area contributed by atoms with Gasteiger partial charge in [-0.3, -0.25) is 4.79 Å². The molecule has 2 aromatic rings. The zero-order chi connectivity index (χ0) is 20.7. The summed E-state index contributed by atoms with van der Waals surface area (Å²) in [7, 11) is 1.89. The molecule has 0 spiro atoms. The molecule has 1 heterocycles. The van der Waals surface area contributed by atoms with E-state index in [1.54, 1.807) is 12.3 Å². The first-order valence-corrected chi connectivity index (χ1v) is 8.95. The molecular weight excluding hydrogens is 369 g/mol. The Morgan fingerprint density at radius 2 is 2.00 bits per heavy atom. The maximum atomic E-state index is 14.5. The van der Waals surface area contributed by atoms with Crippen molar-refractivity contribution in [2.45, 2.75) is 32.6 Å². The Morgan fingerprint density at radius 1 is 1.25 bits per heavy atom. The summed E-state index contributed by atoms with van der Waals surface area (Å²) in [5, 5.41) is 0. The molecule has 0 atom stereocenters. The van der Waals surface area contributed by atoms with Crippen LogP contribution in [0.15, 0.2) is 24.5 Å². The third-order valence-corrected chi connectivity index (χ3v) is 4.25. The SMILES string of the molecule is CCCCCN(C)/C=C\c1cc(-c2nc(N)ncc2C(F)F)c(F)cc1C=O. The minimum Gasteiger partial charge on any atom is -0.380 e. The van der Waals surface area contributed by atoms with Crippen molar-refractivity contribution < 1.29 is 18.0 Å². The van der Waals surface area contributed by atoms with E-state index in [2.05, 4.69) is 16.9 Å². The predicted octanol–water partition coefficient (Wildman–Crippen LogP) is 4.71. The number of unbranched alkanes of at least 4 members (excludes halogenated alkanes) is 2. The lowest BCUT2D eigenvalue weighted by atomic mass is 9.99. The number of aldehydes is 1. The van der Waals surface area contributed by atoms with E-state index >= 15 is 0 Å². The van der Waals surface area contributed by atoms with Crippen LogP contribution in [0.3, 0.4) is 0 Å². The number of alkyl halides is 2. The van der Waals surface area contributed by atoms with Crippen molar-refractivity contribution in [2.75, 3.05) is 19.3 Å². The fourth-order valence-corrected chi connectivity index (χ4v) is 2.71. The largest absolute Gasteiger partial charge is 0.380 e. The molecule has 0 radical (unpaired) electrons. The fraction of sp³-hybridized carbons (Fsp3) is 0.350. The smallest absolute Gasteiger partial charge is 0.267 e. The molecule has 0 unspecified atom stereocenters. The number of carbonyl (C=O) groups is 1. The highest BCUT2D eigenvalue weighted by molar-refractivity contribution is 5.84. The van der Waals surface area contributed by atoms with Gasteiger partial charge in [0.1, 0.15) is 5.82 Å². The molecule has 5 nitrogen and oxygen atoms in total. The molecule has 1 aromatic carbocycles. The highest BCUT2D eigenvalue weighted by Gasteiger charge is 2.20. The second-order valence-electron chi connectivity index (χ2n) is 6.42. The molecule has 150 valence electrons. The first-order valence-electron chi connectivity index (χ1n) is 8.95. The van der Waals surface area contributed by atoms with Gasteiger partial charge in [0, 0.05) is 30.9 Å². The van der Waals surface area contributed by atoms with Crippen molar-refractivity contribution in [3.8, 4) is 11.3 Å². The molecule has 8 heteroatoms. The van der Waals surface area contributed by atoms with Crippen LogP contribution in [0, 0.1) is 5.82 Å². The van der Waals surface area contributed by atoms with Crippen LogP contribution in [0.5, 0.6) is 0 Å². The minimum atomic E-state index is -2.90. The molecule has 28 heavy (non-hydrogen) atoms. The first-order chi connectivity index (χ1) is 13.4. The van der Waals surface area contributed by atoms with E-state index < -0.39 is 17.8 Å². The van der Waals surface area contributed by atoms with Crippen LogP contribution in [0.2, 0.25) is 0 Å². The van der Waals surface area contributed by atoms with E-state index in [9.17, 15) is 18.0 Å². The quantitative estimate of drug-likeness (QED) is 0.494. The summed E-state index contributed by atoms with van der Waals surface area (Å²) in [6.07, 6.45) is 5.13. The molecule has 0 aliphatic carbocycles. The van der Waals surface area contributed by atoms with Crippen LogP contribution in [0.4, 0.5) is 19.1 Å². The Labute approximate surface area is 162 Å². The Balaban J connectivity index is 2.45. The normalized spacial score (nSPS) is 11.4. The number of aromatic nitrogens is 2. The van der Waals surface area contributed by atoms with Crippen LogP contribution in [-0.4, -0.2) is 34.7 Å². The zero-order valence-corrected chi connectivity index (χ0v) is 15.8. The van der Waals surface area contributed by atoms with E-state index in [1.807, 2.05) is 11.9 Å². The summed E-state index contributed by atoms with van der Waals surface area (Å²) in [4.78, 5) is 20.6. The maximum Gasteiger partial charge on any atom is 0.267 e. The minimum absolute atomic E-state index is 0.111. The lowest BCUT2D eigenvalue weighted by Crippen LogP contribution is -2.11. The first kappa shape index (κ1) is 21.4. The van der Waals surface area contributed by atoms with Crippen molar-refractivity contribution in [1.29, 1.82) is 0 Å². The number of hydrogen-bond acceptors (Lipinski definition) is 5. The van der Waals surface area contributed by atoms with Gasteiger partial charge in [-0.1, -0.05) is 19.8 Å². The number of rotatable bonds is 9. The van der Waals surface area contributed by atoms with Gasteiger partial charge in [0.2, 0.25) is 5.95 Å². The molecule has 2 N–H and O–H groups in total. The summed E-state index contributed by atoms with van der Waals surface area (Å²) in [5.74, 6) is -1.08. The third-order valence-electron chi connectivity index (χ3n) is 4.25. The van der Waals surface area contributed by atoms with E-state index in [4.69, 9.17) is 5.73 Å². The van der Waals surface area contributed by atoms with E-state index in [-0.39, 0.29) is 22.8 Å². The number of halogens is 3. The van der Waals surface area contributed by atoms with Crippen molar-refractivity contribution in [3.63, 3.8) is 0 Å². The maximum absolute atomic E-state index is 14.5. The number of carbonyl (C=O) groups excluding carboxylic acids is 1. The number of nitrogens with zero attached hydrogens (tertiary/aromatic N) is 3. The van der Waals surface area contributed by atoms with E-state index in [0.29, 0.717) is 11.8 Å². The lowest BCUT2D eigenvalue weighted by Gasteiger charge is -2.14. The van der Waals surface area contributed by atoms with Gasteiger partial charge in [-0.2, -0.15) is 0 Å². The number of nitrogen functional groups attached to an aromatic ring is 1. The van der Waals surface area contributed by atoms with Crippen LogP contribution >= 0.6 is 0 Å². The van der Waals surface area contributed by atoms with E-state index in [1.165, 1.54) is 6.07 Å². The summed E-state index contributed by atoms with van der Waals surface area (Å²) in [5.41, 5.74) is 5.02. The molecular formula is C20H23F3N4O. The molecule has 1 aromatic heterocycles. The van der Waals surface area contributed by atoms with Crippen molar-refractivity contribution in [3.05, 3.63) is 47.0 Å². The Morgan fingerprint density at radius 3 is 2.64 bits per heavy atom. The van der Waals surface area contributed by atoms with Crippen LogP contribution in [0.25, 0.3) is 17.3 Å². The molecule has 2 rings (SSSR count). The van der Waals surface area contributed by atoms with Crippen molar-refractivity contribution in [1.82, 2.24) is 14.9 Å². The topological polar surface area (TPSA) is 72.1 Å². The van der Waals surface area contributed by atoms with Crippen LogP contribution < -0.4 is 5.73 Å². The predicted molar refractivity (Wildman–Crippen MR) is 103 cm³/mol. The van der Waals surface area contributed by atoms with Gasteiger partial charge in [0.25, 0.3) is 6.43 Å². The highest BCUT2D eigenvalue weighted by atomic mass is 19.3. The average Bonchev–Trinajstić information content (AvgIpc) is 2.66. The van der Waals surface area contributed by atoms with Gasteiger partial charge in [0.15, 0.2) is 6.29 Å². The molecule has 0 amide bonds. The molecule has 0 aliphatic rings. The molecule has 0 bridgehead atoms. The van der Waals surface area contributed by atoms with Crippen LogP contribution in [-0.2, 0) is 0 Å². The number of anilines is 1. The lowest BCUT2D eigenvalue weighted by molar-refractivity contribution is 0.112. The number of hydrogen-bond donors (Lipinski definition) is 1. The summed E-state index contributed by atoms with van der Waals surface area (Å²) >= 11 is 0. The Bertz CT molecular complexity index is 856. The average molecular weight is 392 g/mol. The fourth-order valence-electron chi connectivity index (χ4n) is 2.71. The molecule has 0 fully saturated rings. The number of benzene rings is 1. The van der Waals surface area contributed by atoms with E-state index in [0.717, 1.165) is 38.1 Å². The number of nitrogens with two attached hydrogens (primary N) is 1. The van der Waals surface area contributed by atoms with Gasteiger partial charge in [-0.15, -0.1) is 0 Å². The van der Waals surface area contributed by atoms with Gasteiger partial charge in [-0.05, 0) is 36.4 Å². The summed E-state index contributed by atoms with van der Waals surface area (Å²) in [6, 6.07) is 2.33. The van der Waals surface area contributed by atoms with Crippen molar-refractivity contribution >= 4 is 18.3 Å². The van der Waals surface area contributed by atoms with Gasteiger partial charge in [0.05, 0.1) is 11.3 Å². The molecule has 0 saturated heterocycles. The summed E-state index contributed by atoms with van der Waals surface area (Å²) < 4.78 is 41.2. The second kappa shape index (κ2) is 9.87. The molecule has 0 saturated carbocycles. The zero-order valence-electron chi connectivity index (χ0n) is 15.8. The monoisotopic (exact) mass is 392 g/mol. The standard InChI is InChI=1S/C20H23F3N4O/c1-3-4-5-7-27(2)8-6-13-9-15(17(21)10-14(13)12-28)18-16(19(22)23)11-25-20(24)26-18/h6,8-12,19H,3-5,7H2,1-2H3,(H2,24,25,26)/b8-6-. The Hall–Kier alpha value is -2.90. The van der Waals surface area contributed by atoms with Gasteiger partial charge >= 0.3 is 0 Å². The summed E-state index contributed by atoms with van der Waals surface area (Å²) in [6.45, 7) is 2.94. The van der Waals surface area contributed by atoms with Gasteiger partial charge in [-0.25, -0.2) is 23.1 Å². The third kappa shape index (κ3) is 5.31. The van der Waals surface area contributed by atoms with Crippen molar-refractivity contribution in [2.24, 2.45) is 0 Å². The molecule has 0 aliphatic heterocycles. The second-order valence-corrected chi connectivity index (χ2v) is 6.42. The Kier molecular flexibility index (Phi) is 7.54. The highest BCUT2D eigenvalue weighted by Crippen LogP contribution is 2.32. The van der Waals surface area contributed by atoms with Gasteiger partial charge < -0.3 is 10.6 Å². The van der Waals surface area contributed by atoms with Crippen LogP contribution in [0.1, 0.15) is 54.1 Å².